The molecule has 0 radical (unpaired) electrons. The van der Waals surface area contributed by atoms with Crippen LogP contribution in [-0.2, 0) is 4.79 Å². The molecule has 1 aromatic rings. The smallest absolute Gasteiger partial charge is 0.238 e. The molecule has 4 nitrogen and oxygen atoms in total. The Morgan fingerprint density at radius 2 is 1.94 bits per heavy atom. The molecule has 100 valence electrons. The van der Waals surface area contributed by atoms with Gasteiger partial charge in [-0.2, -0.15) is 0 Å². The highest BCUT2D eigenvalue weighted by Crippen LogP contribution is 2.13. The van der Waals surface area contributed by atoms with Crippen LogP contribution in [0.4, 0.5) is 5.69 Å². The van der Waals surface area contributed by atoms with Crippen LogP contribution in [0.5, 0.6) is 0 Å². The summed E-state index contributed by atoms with van der Waals surface area (Å²) in [5.74, 6) is 0.134. The van der Waals surface area contributed by atoms with Crippen molar-refractivity contribution in [2.24, 2.45) is 5.92 Å². The van der Waals surface area contributed by atoms with Crippen molar-refractivity contribution < 1.29 is 9.90 Å². The number of aliphatic hydroxyl groups is 1. The molecule has 0 aliphatic heterocycles. The molecule has 5 heteroatoms. The van der Waals surface area contributed by atoms with E-state index in [0.717, 1.165) is 0 Å². The van der Waals surface area contributed by atoms with Gasteiger partial charge in [0.1, 0.15) is 0 Å². The van der Waals surface area contributed by atoms with Crippen molar-refractivity contribution in [3.8, 4) is 0 Å². The van der Waals surface area contributed by atoms with Gasteiger partial charge in [-0.1, -0.05) is 25.4 Å². The first kappa shape index (κ1) is 15.0. The van der Waals surface area contributed by atoms with Crippen LogP contribution in [0.2, 0.25) is 5.02 Å². The van der Waals surface area contributed by atoms with Crippen molar-refractivity contribution >= 4 is 23.2 Å². The second-order valence-electron chi connectivity index (χ2n) is 4.47. The number of carbonyl (C=O) groups is 1. The van der Waals surface area contributed by atoms with E-state index in [1.165, 1.54) is 0 Å². The van der Waals surface area contributed by atoms with Crippen LogP contribution >= 0.6 is 11.6 Å². The number of hydrogen-bond donors (Lipinski definition) is 3. The second kappa shape index (κ2) is 7.36. The average molecular weight is 271 g/mol. The number of carbonyl (C=O) groups excluding carboxylic acids is 1. The number of amides is 1. The van der Waals surface area contributed by atoms with Gasteiger partial charge in [-0.25, -0.2) is 0 Å². The van der Waals surface area contributed by atoms with Crippen molar-refractivity contribution in [2.45, 2.75) is 19.9 Å². The Kier molecular flexibility index (Phi) is 6.12. The molecule has 0 aromatic heterocycles. The topological polar surface area (TPSA) is 61.4 Å². The highest BCUT2D eigenvalue weighted by Gasteiger charge is 2.12. The van der Waals surface area contributed by atoms with Crippen LogP contribution in [0.25, 0.3) is 0 Å². The van der Waals surface area contributed by atoms with Crippen LogP contribution in [0, 0.1) is 5.92 Å². The summed E-state index contributed by atoms with van der Waals surface area (Å²) in [5, 5.41) is 15.5. The van der Waals surface area contributed by atoms with Crippen LogP contribution in [0.3, 0.4) is 0 Å². The van der Waals surface area contributed by atoms with Crippen molar-refractivity contribution in [3.05, 3.63) is 29.3 Å². The first-order chi connectivity index (χ1) is 8.52. The van der Waals surface area contributed by atoms with Gasteiger partial charge in [-0.05, 0) is 30.2 Å². The summed E-state index contributed by atoms with van der Waals surface area (Å²) >= 11 is 5.75. The standard InChI is InChI=1S/C13H19ClN2O2/c1-9(2)12(8-17)15-7-13(18)16-11-5-3-10(14)4-6-11/h3-6,9,12,15,17H,7-8H2,1-2H3,(H,16,18)/t12-/m1/s1. The summed E-state index contributed by atoms with van der Waals surface area (Å²) in [6, 6.07) is 6.85. The van der Waals surface area contributed by atoms with Crippen molar-refractivity contribution in [2.75, 3.05) is 18.5 Å². The van der Waals surface area contributed by atoms with Crippen LogP contribution in [0.15, 0.2) is 24.3 Å². The third-order valence-corrected chi connectivity index (χ3v) is 2.91. The molecular formula is C13H19ClN2O2. The van der Waals surface area contributed by atoms with E-state index in [9.17, 15) is 4.79 Å². The Bertz CT molecular complexity index is 379. The van der Waals surface area contributed by atoms with E-state index in [-0.39, 0.29) is 31.0 Å². The molecule has 3 N–H and O–H groups in total. The molecule has 0 saturated heterocycles. The molecule has 1 rings (SSSR count). The molecule has 1 atom stereocenters. The van der Waals surface area contributed by atoms with Gasteiger partial charge in [0.15, 0.2) is 0 Å². The molecule has 0 bridgehead atoms. The fourth-order valence-electron chi connectivity index (χ4n) is 1.47. The molecule has 0 heterocycles. The lowest BCUT2D eigenvalue weighted by molar-refractivity contribution is -0.115. The third kappa shape index (κ3) is 5.04. The Balaban J connectivity index is 2.40. The molecule has 0 aliphatic carbocycles. The predicted molar refractivity (Wildman–Crippen MR) is 73.8 cm³/mol. The van der Waals surface area contributed by atoms with E-state index in [1.54, 1.807) is 24.3 Å². The minimum Gasteiger partial charge on any atom is -0.395 e. The summed E-state index contributed by atoms with van der Waals surface area (Å²) in [7, 11) is 0. The zero-order valence-corrected chi connectivity index (χ0v) is 11.4. The third-order valence-electron chi connectivity index (χ3n) is 2.65. The van der Waals surface area contributed by atoms with E-state index < -0.39 is 0 Å². The SMILES string of the molecule is CC(C)[C@@H](CO)NCC(=O)Nc1ccc(Cl)cc1. The number of nitrogens with one attached hydrogen (secondary N) is 2. The molecule has 1 amide bonds. The molecule has 0 fully saturated rings. The van der Waals surface area contributed by atoms with E-state index in [1.807, 2.05) is 13.8 Å². The summed E-state index contributed by atoms with van der Waals surface area (Å²) in [5.41, 5.74) is 0.705. The second-order valence-corrected chi connectivity index (χ2v) is 4.91. The highest BCUT2D eigenvalue weighted by atomic mass is 35.5. The lowest BCUT2D eigenvalue weighted by Gasteiger charge is -2.19. The fraction of sp³-hybridized carbons (Fsp3) is 0.462. The van der Waals surface area contributed by atoms with Gasteiger partial charge in [0, 0.05) is 16.8 Å². The maximum absolute atomic E-state index is 11.7. The summed E-state index contributed by atoms with van der Waals surface area (Å²) < 4.78 is 0. The molecule has 18 heavy (non-hydrogen) atoms. The van der Waals surface area contributed by atoms with Gasteiger partial charge < -0.3 is 15.7 Å². The van der Waals surface area contributed by atoms with Gasteiger partial charge in [-0.15, -0.1) is 0 Å². The van der Waals surface area contributed by atoms with Gasteiger partial charge in [0.25, 0.3) is 0 Å². The quantitative estimate of drug-likeness (QED) is 0.740. The van der Waals surface area contributed by atoms with Crippen molar-refractivity contribution in [1.29, 1.82) is 0 Å². The normalized spacial score (nSPS) is 12.5. The Morgan fingerprint density at radius 3 is 2.44 bits per heavy atom. The minimum atomic E-state index is -0.142. The van der Waals surface area contributed by atoms with E-state index in [0.29, 0.717) is 10.7 Å². The molecule has 0 saturated carbocycles. The number of rotatable bonds is 6. The maximum Gasteiger partial charge on any atom is 0.238 e. The molecule has 1 aromatic carbocycles. The van der Waals surface area contributed by atoms with Crippen molar-refractivity contribution in [1.82, 2.24) is 5.32 Å². The number of anilines is 1. The zero-order chi connectivity index (χ0) is 13.5. The summed E-state index contributed by atoms with van der Waals surface area (Å²) in [4.78, 5) is 11.7. The van der Waals surface area contributed by atoms with Gasteiger partial charge in [0.05, 0.1) is 13.2 Å². The fourth-order valence-corrected chi connectivity index (χ4v) is 1.60. The number of hydrogen-bond acceptors (Lipinski definition) is 3. The molecule has 0 unspecified atom stereocenters. The van der Waals surface area contributed by atoms with Crippen LogP contribution in [0.1, 0.15) is 13.8 Å². The lowest BCUT2D eigenvalue weighted by atomic mass is 10.1. The van der Waals surface area contributed by atoms with E-state index >= 15 is 0 Å². The van der Waals surface area contributed by atoms with Crippen molar-refractivity contribution in [3.63, 3.8) is 0 Å². The lowest BCUT2D eigenvalue weighted by Crippen LogP contribution is -2.41. The van der Waals surface area contributed by atoms with E-state index in [4.69, 9.17) is 16.7 Å². The summed E-state index contributed by atoms with van der Waals surface area (Å²) in [6.07, 6.45) is 0. The largest absolute Gasteiger partial charge is 0.395 e. The van der Waals surface area contributed by atoms with Gasteiger partial charge >= 0.3 is 0 Å². The predicted octanol–water partition coefficient (Wildman–Crippen LogP) is 1.88. The molecule has 0 spiro atoms. The maximum atomic E-state index is 11.7. The Morgan fingerprint density at radius 1 is 1.33 bits per heavy atom. The number of halogens is 1. The number of aliphatic hydroxyl groups excluding tert-OH is 1. The zero-order valence-electron chi connectivity index (χ0n) is 10.6. The Labute approximate surface area is 112 Å². The monoisotopic (exact) mass is 270 g/mol. The number of benzene rings is 1. The van der Waals surface area contributed by atoms with Gasteiger partial charge in [-0.3, -0.25) is 4.79 Å². The Hall–Kier alpha value is -1.10. The van der Waals surface area contributed by atoms with E-state index in [2.05, 4.69) is 10.6 Å². The molecular weight excluding hydrogens is 252 g/mol. The molecule has 0 aliphatic rings. The minimum absolute atomic E-state index is 0.0197. The first-order valence-corrected chi connectivity index (χ1v) is 6.30. The van der Waals surface area contributed by atoms with Gasteiger partial charge in [0.2, 0.25) is 5.91 Å². The average Bonchev–Trinajstić information content (AvgIpc) is 2.32. The first-order valence-electron chi connectivity index (χ1n) is 5.92. The van der Waals surface area contributed by atoms with Crippen LogP contribution < -0.4 is 10.6 Å². The highest BCUT2D eigenvalue weighted by molar-refractivity contribution is 6.30. The van der Waals surface area contributed by atoms with Crippen LogP contribution in [-0.4, -0.2) is 30.2 Å². The summed E-state index contributed by atoms with van der Waals surface area (Å²) in [6.45, 7) is 4.17.